The van der Waals surface area contributed by atoms with Gasteiger partial charge in [0.05, 0.1) is 0 Å². The predicted octanol–water partition coefficient (Wildman–Crippen LogP) is -4.16. The van der Waals surface area contributed by atoms with Gasteiger partial charge in [-0.3, -0.25) is 9.59 Å². The Labute approximate surface area is 214 Å². The molecule has 0 aromatic heterocycles. The van der Waals surface area contributed by atoms with Crippen LogP contribution in [0.2, 0.25) is 0 Å². The monoisotopic (exact) mass is 353 g/mol. The minimum Gasteiger partial charge on any atom is -1.00 e. The topological polar surface area (TPSA) is 107 Å². The molecule has 0 radical (unpaired) electrons. The van der Waals surface area contributed by atoms with Crippen LogP contribution in [0.3, 0.4) is 0 Å². The summed E-state index contributed by atoms with van der Waals surface area (Å²) in [6.45, 7) is 2.10. The van der Waals surface area contributed by atoms with Gasteiger partial charge in [0.2, 0.25) is 0 Å². The molecule has 0 bridgehead atoms. The number of unbranched alkanes of at least 4 members (excludes halogenated alkanes) is 4. The maximum atomic E-state index is 11.3. The van der Waals surface area contributed by atoms with Crippen LogP contribution in [0.15, 0.2) is 0 Å². The molecule has 0 aliphatic heterocycles. The van der Waals surface area contributed by atoms with Crippen molar-refractivity contribution in [3.8, 4) is 0 Å². The van der Waals surface area contributed by atoms with Gasteiger partial charge in [0.1, 0.15) is 6.04 Å². The minimum atomic E-state index is -1.06. The van der Waals surface area contributed by atoms with Crippen LogP contribution in [-0.2, 0) is 19.1 Å². The predicted molar refractivity (Wildman–Crippen MR) is 71.5 cm³/mol. The molecule has 0 aliphatic rings. The van der Waals surface area contributed by atoms with Gasteiger partial charge in [0.15, 0.2) is 0 Å². The van der Waals surface area contributed by atoms with E-state index in [4.69, 9.17) is 10.8 Å². The molecule has 0 amide bonds. The molecule has 0 aromatic carbocycles. The second kappa shape index (κ2) is 18.2. The third-order valence-corrected chi connectivity index (χ3v) is 2.67. The number of carbonyl (C=O) groups is 3. The number of esters is 2. The molecule has 0 saturated carbocycles. The number of aliphatic carboxylic acids is 1. The van der Waals surface area contributed by atoms with E-state index in [-0.39, 0.29) is 125 Å². The van der Waals surface area contributed by atoms with E-state index in [1.165, 1.54) is 0 Å². The summed E-state index contributed by atoms with van der Waals surface area (Å²) in [5.74, 6) is -2.47. The van der Waals surface area contributed by atoms with Crippen LogP contribution in [0.1, 0.15) is 61.1 Å². The first-order valence-electron chi connectivity index (χ1n) is 6.69. The van der Waals surface area contributed by atoms with Gasteiger partial charge in [-0.2, -0.15) is 0 Å². The van der Waals surface area contributed by atoms with Gasteiger partial charge in [0, 0.05) is 12.8 Å². The molecular weight excluding hydrogens is 328 g/mol. The van der Waals surface area contributed by atoms with E-state index in [1.807, 2.05) is 0 Å². The number of hydrogen-bond donors (Lipinski definition) is 2. The summed E-state index contributed by atoms with van der Waals surface area (Å²) in [4.78, 5) is 33.0. The van der Waals surface area contributed by atoms with E-state index in [1.54, 1.807) is 0 Å². The molecule has 0 fully saturated rings. The summed E-state index contributed by atoms with van der Waals surface area (Å²) in [7, 11) is 0. The van der Waals surface area contributed by atoms with E-state index in [2.05, 4.69) is 11.7 Å². The van der Waals surface area contributed by atoms with Crippen molar-refractivity contribution < 1.29 is 130 Å². The molecule has 3 N–H and O–H groups in total. The number of rotatable bonds is 10. The minimum absolute atomic E-state index is 0. The maximum absolute atomic E-state index is 11.3. The van der Waals surface area contributed by atoms with Crippen LogP contribution < -0.4 is 109 Å². The molecule has 21 heavy (non-hydrogen) atoms. The van der Waals surface area contributed by atoms with Crippen molar-refractivity contribution in [2.45, 2.75) is 64.3 Å². The zero-order chi connectivity index (χ0) is 14.7. The molecule has 6 nitrogen and oxygen atoms in total. The second-order valence-corrected chi connectivity index (χ2v) is 4.50. The molecule has 0 rings (SSSR count). The summed E-state index contributed by atoms with van der Waals surface area (Å²) >= 11 is 0. The molecule has 0 saturated heterocycles. The van der Waals surface area contributed by atoms with Crippen molar-refractivity contribution in [3.63, 3.8) is 0 Å². The number of ether oxygens (including phenoxy) is 1. The van der Waals surface area contributed by atoms with Crippen LogP contribution in [0.5, 0.6) is 0 Å². The van der Waals surface area contributed by atoms with E-state index in [0.29, 0.717) is 6.42 Å². The molecule has 0 heterocycles. The van der Waals surface area contributed by atoms with Gasteiger partial charge in [-0.1, -0.05) is 32.6 Å². The maximum Gasteiger partial charge on any atom is 1.00 e. The number of carboxylic acid groups (broad SMARTS) is 1. The quantitative estimate of drug-likeness (QED) is 0.179. The Kier molecular flexibility index (Phi) is 24.0. The molecule has 1 atom stereocenters. The van der Waals surface area contributed by atoms with Crippen molar-refractivity contribution in [2.75, 3.05) is 0 Å². The first-order chi connectivity index (χ1) is 8.97. The summed E-state index contributed by atoms with van der Waals surface area (Å²) < 4.78 is 4.56. The second-order valence-electron chi connectivity index (χ2n) is 4.50. The van der Waals surface area contributed by atoms with Crippen LogP contribution in [0, 0.1) is 0 Å². The van der Waals surface area contributed by atoms with Crippen LogP contribution in [0.25, 0.3) is 0 Å². The summed E-state index contributed by atoms with van der Waals surface area (Å²) in [5, 5.41) is 8.44. The molecule has 114 valence electrons. The standard InChI is InChI=1S/C13H23NO5.2K.2H/c1-2-3-4-5-6-7-12(17)19-13(18)10(14)8-9-11(15)16;;;;/h10H,2-9,14H2,1H3,(H,15,16);;;;/q;2*+1;2*-1. The van der Waals surface area contributed by atoms with Crippen LogP contribution in [0.4, 0.5) is 0 Å². The Morgan fingerprint density at radius 3 is 2.19 bits per heavy atom. The zero-order valence-corrected chi connectivity index (χ0v) is 19.6. The molecule has 0 spiro atoms. The summed E-state index contributed by atoms with van der Waals surface area (Å²) in [5.41, 5.74) is 5.42. The summed E-state index contributed by atoms with van der Waals surface area (Å²) in [6.07, 6.45) is 4.89. The first-order valence-corrected chi connectivity index (χ1v) is 6.69. The molecule has 0 aliphatic carbocycles. The fourth-order valence-corrected chi connectivity index (χ4v) is 1.51. The third kappa shape index (κ3) is 18.0. The Balaban J connectivity index is -0.000000270. The van der Waals surface area contributed by atoms with Crippen molar-refractivity contribution in [1.82, 2.24) is 0 Å². The van der Waals surface area contributed by atoms with Crippen molar-refractivity contribution in [3.05, 3.63) is 0 Å². The molecule has 0 aromatic rings. The van der Waals surface area contributed by atoms with Crippen molar-refractivity contribution in [1.29, 1.82) is 0 Å². The van der Waals surface area contributed by atoms with Gasteiger partial charge in [0.25, 0.3) is 0 Å². The smallest absolute Gasteiger partial charge is 1.00 e. The Bertz CT molecular complexity index is 323. The van der Waals surface area contributed by atoms with Crippen LogP contribution in [-0.4, -0.2) is 29.1 Å². The van der Waals surface area contributed by atoms with Crippen molar-refractivity contribution >= 4 is 17.9 Å². The molecule has 1 unspecified atom stereocenters. The normalized spacial score (nSPS) is 10.8. The van der Waals surface area contributed by atoms with Crippen molar-refractivity contribution in [2.24, 2.45) is 5.73 Å². The van der Waals surface area contributed by atoms with Gasteiger partial charge in [-0.25, -0.2) is 4.79 Å². The average molecular weight is 354 g/mol. The third-order valence-electron chi connectivity index (χ3n) is 2.67. The number of carbonyl (C=O) groups excluding carboxylic acids is 2. The fourth-order valence-electron chi connectivity index (χ4n) is 1.51. The van der Waals surface area contributed by atoms with E-state index >= 15 is 0 Å². The van der Waals surface area contributed by atoms with E-state index < -0.39 is 23.9 Å². The number of carboxylic acids is 1. The average Bonchev–Trinajstić information content (AvgIpc) is 2.35. The molecule has 8 heteroatoms. The largest absolute Gasteiger partial charge is 1.00 e. The number of nitrogens with two attached hydrogens (primary N) is 1. The molecular formula is C13H25K2NO5. The Morgan fingerprint density at radius 1 is 1.10 bits per heavy atom. The Hall–Kier alpha value is 1.84. The van der Waals surface area contributed by atoms with E-state index in [0.717, 1.165) is 25.7 Å². The number of hydrogen-bond acceptors (Lipinski definition) is 5. The van der Waals surface area contributed by atoms with Crippen LogP contribution >= 0.6 is 0 Å². The van der Waals surface area contributed by atoms with Gasteiger partial charge in [-0.15, -0.1) is 0 Å². The van der Waals surface area contributed by atoms with Gasteiger partial charge in [-0.05, 0) is 12.8 Å². The zero-order valence-electron chi connectivity index (χ0n) is 15.4. The SMILES string of the molecule is CCCCCCCC(=O)OC(=O)C(N)CCC(=O)O.[H-].[H-].[K+].[K+]. The van der Waals surface area contributed by atoms with E-state index in [9.17, 15) is 14.4 Å². The Morgan fingerprint density at radius 2 is 1.67 bits per heavy atom. The first kappa shape index (κ1) is 27.7. The van der Waals surface area contributed by atoms with Gasteiger partial charge >= 0.3 is 121 Å². The summed E-state index contributed by atoms with van der Waals surface area (Å²) in [6, 6.07) is -1.06. The van der Waals surface area contributed by atoms with Gasteiger partial charge < -0.3 is 18.4 Å². The fraction of sp³-hybridized carbons (Fsp3) is 0.769.